The smallest absolute Gasteiger partial charge is 0.312 e. The van der Waals surface area contributed by atoms with Crippen LogP contribution in [0.5, 0.6) is 0 Å². The molecule has 0 aliphatic carbocycles. The van der Waals surface area contributed by atoms with Gasteiger partial charge in [-0.1, -0.05) is 30.3 Å². The molecule has 3 rings (SSSR count). The number of carboxylic acids is 1. The summed E-state index contributed by atoms with van der Waals surface area (Å²) in [5.41, 5.74) is 0.167. The second kappa shape index (κ2) is 6.93. The van der Waals surface area contributed by atoms with E-state index in [1.807, 2.05) is 42.2 Å². The zero-order valence-electron chi connectivity index (χ0n) is 14.1. The van der Waals surface area contributed by atoms with Crippen molar-refractivity contribution in [2.24, 2.45) is 5.41 Å². The largest absolute Gasteiger partial charge is 0.481 e. The number of amides is 1. The summed E-state index contributed by atoms with van der Waals surface area (Å²) in [5, 5.41) is 10.00. The Bertz CT molecular complexity index is 603. The highest BCUT2D eigenvalue weighted by Gasteiger charge is 2.61. The first-order chi connectivity index (χ1) is 11.6. The number of benzene rings is 1. The third-order valence-corrected chi connectivity index (χ3v) is 5.48. The fourth-order valence-corrected chi connectivity index (χ4v) is 4.45. The first-order valence-corrected chi connectivity index (χ1v) is 8.74. The molecule has 2 heterocycles. The average molecular weight is 331 g/mol. The van der Waals surface area contributed by atoms with E-state index < -0.39 is 11.4 Å². The Balaban J connectivity index is 1.80. The summed E-state index contributed by atoms with van der Waals surface area (Å²) in [6.07, 6.45) is 3.07. The van der Waals surface area contributed by atoms with Gasteiger partial charge < -0.3 is 14.7 Å². The number of ether oxygens (including phenoxy) is 1. The molecule has 2 aliphatic heterocycles. The second-order valence-electron chi connectivity index (χ2n) is 6.82. The summed E-state index contributed by atoms with van der Waals surface area (Å²) in [7, 11) is 0. The molecule has 5 nitrogen and oxygen atoms in total. The van der Waals surface area contributed by atoms with Gasteiger partial charge in [-0.3, -0.25) is 9.59 Å². The first-order valence-electron chi connectivity index (χ1n) is 8.74. The summed E-state index contributed by atoms with van der Waals surface area (Å²) in [6.45, 7) is 2.90. The molecule has 130 valence electrons. The zero-order valence-corrected chi connectivity index (χ0v) is 14.1. The van der Waals surface area contributed by atoms with Crippen LogP contribution >= 0.6 is 0 Å². The molecular formula is C19H25NO4. The Hall–Kier alpha value is -1.88. The van der Waals surface area contributed by atoms with Gasteiger partial charge in [0.25, 0.3) is 0 Å². The van der Waals surface area contributed by atoms with E-state index in [2.05, 4.69) is 0 Å². The quantitative estimate of drug-likeness (QED) is 0.780. The standard InChI is InChI=1S/C19H25NO4/c1-2-24-11-10-17(21)20-15-8-9-16(20)19(13-15,18(22)23)12-14-6-4-3-5-7-14/h3-7,15-16H,2,8-13H2,1H3,(H,22,23)/t15-,16+,19+/m0/s1. The minimum atomic E-state index is -0.856. The Morgan fingerprint density at radius 3 is 2.71 bits per heavy atom. The average Bonchev–Trinajstić information content (AvgIpc) is 3.12. The Kier molecular flexibility index (Phi) is 4.90. The Labute approximate surface area is 142 Å². The third kappa shape index (κ3) is 2.93. The minimum absolute atomic E-state index is 0.0344. The lowest BCUT2D eigenvalue weighted by Gasteiger charge is -2.33. The summed E-state index contributed by atoms with van der Waals surface area (Å²) in [6, 6.07) is 9.60. The van der Waals surface area contributed by atoms with Gasteiger partial charge in [-0.25, -0.2) is 0 Å². The lowest BCUT2D eigenvalue weighted by molar-refractivity contribution is -0.151. The van der Waals surface area contributed by atoms with Crippen LogP contribution < -0.4 is 0 Å². The van der Waals surface area contributed by atoms with Crippen molar-refractivity contribution in [1.29, 1.82) is 0 Å². The number of fused-ring (bicyclic) bond motifs is 2. The minimum Gasteiger partial charge on any atom is -0.481 e. The number of carboxylic acid groups (broad SMARTS) is 1. The molecule has 1 amide bonds. The summed E-state index contributed by atoms with van der Waals surface area (Å²) < 4.78 is 5.29. The molecule has 0 unspecified atom stereocenters. The predicted molar refractivity (Wildman–Crippen MR) is 89.6 cm³/mol. The Morgan fingerprint density at radius 2 is 2.04 bits per heavy atom. The van der Waals surface area contributed by atoms with Crippen molar-refractivity contribution in [1.82, 2.24) is 4.90 Å². The first kappa shape index (κ1) is 17.0. The molecule has 2 aliphatic rings. The van der Waals surface area contributed by atoms with Crippen LogP contribution in [0.15, 0.2) is 30.3 Å². The van der Waals surface area contributed by atoms with Crippen molar-refractivity contribution in [2.45, 2.75) is 51.1 Å². The second-order valence-corrected chi connectivity index (χ2v) is 6.82. The van der Waals surface area contributed by atoms with E-state index in [9.17, 15) is 14.7 Å². The monoisotopic (exact) mass is 331 g/mol. The van der Waals surface area contributed by atoms with Crippen LogP contribution in [0.2, 0.25) is 0 Å². The van der Waals surface area contributed by atoms with Gasteiger partial charge in [0.05, 0.1) is 18.4 Å². The zero-order chi connectivity index (χ0) is 17.2. The van der Waals surface area contributed by atoms with Gasteiger partial charge >= 0.3 is 5.97 Å². The number of rotatable bonds is 7. The van der Waals surface area contributed by atoms with Crippen LogP contribution in [0.3, 0.4) is 0 Å². The van der Waals surface area contributed by atoms with Crippen LogP contribution in [0.1, 0.15) is 38.2 Å². The van der Waals surface area contributed by atoms with E-state index in [0.29, 0.717) is 32.5 Å². The van der Waals surface area contributed by atoms with E-state index in [0.717, 1.165) is 18.4 Å². The van der Waals surface area contributed by atoms with Gasteiger partial charge in [0.2, 0.25) is 5.91 Å². The van der Waals surface area contributed by atoms with Crippen molar-refractivity contribution in [2.75, 3.05) is 13.2 Å². The fourth-order valence-electron chi connectivity index (χ4n) is 4.45. The summed E-state index contributed by atoms with van der Waals surface area (Å²) in [5.74, 6) is -0.742. The van der Waals surface area contributed by atoms with Crippen LogP contribution in [0.25, 0.3) is 0 Å². The topological polar surface area (TPSA) is 66.8 Å². The number of carbonyl (C=O) groups is 2. The molecule has 5 heteroatoms. The molecule has 0 aromatic heterocycles. The number of nitrogens with zero attached hydrogens (tertiary/aromatic N) is 1. The molecule has 0 spiro atoms. The lowest BCUT2D eigenvalue weighted by atomic mass is 9.70. The van der Waals surface area contributed by atoms with E-state index >= 15 is 0 Å². The number of hydrogen-bond donors (Lipinski definition) is 1. The molecule has 1 aromatic carbocycles. The molecule has 1 N–H and O–H groups in total. The van der Waals surface area contributed by atoms with Crippen LogP contribution in [-0.4, -0.2) is 47.2 Å². The maximum Gasteiger partial charge on any atom is 0.312 e. The van der Waals surface area contributed by atoms with Crippen LogP contribution in [-0.2, 0) is 20.7 Å². The van der Waals surface area contributed by atoms with Gasteiger partial charge in [0.15, 0.2) is 0 Å². The van der Waals surface area contributed by atoms with Crippen molar-refractivity contribution in [3.8, 4) is 0 Å². The van der Waals surface area contributed by atoms with E-state index in [-0.39, 0.29) is 18.0 Å². The highest BCUT2D eigenvalue weighted by Crippen LogP contribution is 2.52. The lowest BCUT2D eigenvalue weighted by Crippen LogP contribution is -2.46. The molecule has 0 radical (unpaired) electrons. The van der Waals surface area contributed by atoms with E-state index in [4.69, 9.17) is 4.74 Å². The number of hydrogen-bond acceptors (Lipinski definition) is 3. The molecule has 2 bridgehead atoms. The van der Waals surface area contributed by atoms with Crippen LogP contribution in [0, 0.1) is 5.41 Å². The van der Waals surface area contributed by atoms with Crippen molar-refractivity contribution >= 4 is 11.9 Å². The molecule has 24 heavy (non-hydrogen) atoms. The normalized spacial score (nSPS) is 28.3. The molecule has 3 atom stereocenters. The molecule has 2 saturated heterocycles. The van der Waals surface area contributed by atoms with Crippen molar-refractivity contribution in [3.05, 3.63) is 35.9 Å². The van der Waals surface area contributed by atoms with Gasteiger partial charge in [0, 0.05) is 18.7 Å². The van der Waals surface area contributed by atoms with Gasteiger partial charge in [-0.15, -0.1) is 0 Å². The van der Waals surface area contributed by atoms with Gasteiger partial charge in [0.1, 0.15) is 0 Å². The van der Waals surface area contributed by atoms with E-state index in [1.165, 1.54) is 0 Å². The summed E-state index contributed by atoms with van der Waals surface area (Å²) >= 11 is 0. The molecular weight excluding hydrogens is 306 g/mol. The Morgan fingerprint density at radius 1 is 1.29 bits per heavy atom. The summed E-state index contributed by atoms with van der Waals surface area (Å²) in [4.78, 5) is 26.6. The molecule has 2 fully saturated rings. The van der Waals surface area contributed by atoms with Gasteiger partial charge in [-0.05, 0) is 38.2 Å². The van der Waals surface area contributed by atoms with Gasteiger partial charge in [-0.2, -0.15) is 0 Å². The van der Waals surface area contributed by atoms with E-state index in [1.54, 1.807) is 0 Å². The maximum absolute atomic E-state index is 12.6. The third-order valence-electron chi connectivity index (χ3n) is 5.48. The molecule has 1 aromatic rings. The van der Waals surface area contributed by atoms with Crippen molar-refractivity contribution < 1.29 is 19.4 Å². The highest BCUT2D eigenvalue weighted by atomic mass is 16.5. The number of carbonyl (C=O) groups excluding carboxylic acids is 1. The SMILES string of the molecule is CCOCCC(=O)N1[C@H]2CC[C@@H]1[C@](Cc1ccccc1)(C(=O)O)C2. The van der Waals surface area contributed by atoms with Crippen molar-refractivity contribution in [3.63, 3.8) is 0 Å². The van der Waals surface area contributed by atoms with Crippen LogP contribution in [0.4, 0.5) is 0 Å². The highest BCUT2D eigenvalue weighted by molar-refractivity contribution is 5.83. The predicted octanol–water partition coefficient (Wildman–Crippen LogP) is 2.49. The molecule has 0 saturated carbocycles. The fraction of sp³-hybridized carbons (Fsp3) is 0.579. The number of aliphatic carboxylic acids is 1. The maximum atomic E-state index is 12.6.